The first-order chi connectivity index (χ1) is 6.72. The van der Waals surface area contributed by atoms with Crippen molar-refractivity contribution in [3.63, 3.8) is 0 Å². The average Bonchev–Trinajstić information content (AvgIpc) is 2.67. The summed E-state index contributed by atoms with van der Waals surface area (Å²) in [5.41, 5.74) is 8.01. The molecular formula is C12H21NO. The third kappa shape index (κ3) is 1.81. The molecule has 1 heterocycles. The van der Waals surface area contributed by atoms with Gasteiger partial charge in [-0.3, -0.25) is 0 Å². The van der Waals surface area contributed by atoms with Gasteiger partial charge in [0.15, 0.2) is 0 Å². The highest BCUT2D eigenvalue weighted by Crippen LogP contribution is 2.42. The van der Waals surface area contributed by atoms with E-state index in [2.05, 4.69) is 6.92 Å². The fourth-order valence-corrected chi connectivity index (χ4v) is 2.75. The number of nitrogens with two attached hydrogens (primary N) is 1. The number of hydrogen-bond donors (Lipinski definition) is 1. The van der Waals surface area contributed by atoms with Gasteiger partial charge in [0.05, 0.1) is 12.9 Å². The molecule has 0 aromatic carbocycles. The summed E-state index contributed by atoms with van der Waals surface area (Å²) in [6.45, 7) is 3.20. The van der Waals surface area contributed by atoms with Crippen molar-refractivity contribution >= 4 is 0 Å². The van der Waals surface area contributed by atoms with Crippen molar-refractivity contribution < 1.29 is 4.74 Å². The molecule has 2 rings (SSSR count). The van der Waals surface area contributed by atoms with E-state index in [-0.39, 0.29) is 6.04 Å². The summed E-state index contributed by atoms with van der Waals surface area (Å²) in [5, 5.41) is 0. The Morgan fingerprint density at radius 3 is 2.64 bits per heavy atom. The van der Waals surface area contributed by atoms with Gasteiger partial charge in [-0.25, -0.2) is 0 Å². The van der Waals surface area contributed by atoms with Crippen LogP contribution in [0.4, 0.5) is 0 Å². The van der Waals surface area contributed by atoms with Crippen molar-refractivity contribution in [2.24, 2.45) is 11.1 Å². The Labute approximate surface area is 86.5 Å². The fourth-order valence-electron chi connectivity index (χ4n) is 2.75. The molecule has 1 atom stereocenters. The van der Waals surface area contributed by atoms with E-state index < -0.39 is 0 Å². The van der Waals surface area contributed by atoms with Gasteiger partial charge in [-0.2, -0.15) is 0 Å². The summed E-state index contributed by atoms with van der Waals surface area (Å²) in [5.74, 6) is 0. The first-order valence-electron chi connectivity index (χ1n) is 5.78. The Kier molecular flexibility index (Phi) is 2.82. The second-order valence-electron chi connectivity index (χ2n) is 5.01. The normalized spacial score (nSPS) is 28.0. The minimum atomic E-state index is 0.227. The molecule has 0 saturated heterocycles. The molecule has 2 heteroatoms. The van der Waals surface area contributed by atoms with Crippen molar-refractivity contribution in [3.05, 3.63) is 11.8 Å². The minimum absolute atomic E-state index is 0.227. The van der Waals surface area contributed by atoms with E-state index in [0.717, 1.165) is 19.4 Å². The lowest BCUT2D eigenvalue weighted by Gasteiger charge is -2.34. The van der Waals surface area contributed by atoms with Gasteiger partial charge in [-0.1, -0.05) is 19.8 Å². The third-order valence-electron chi connectivity index (χ3n) is 3.86. The Bertz CT molecular complexity index is 228. The zero-order chi connectivity index (χ0) is 10.0. The van der Waals surface area contributed by atoms with E-state index in [1.165, 1.54) is 31.3 Å². The highest BCUT2D eigenvalue weighted by atomic mass is 16.5. The van der Waals surface area contributed by atoms with Gasteiger partial charge in [0.1, 0.15) is 0 Å². The topological polar surface area (TPSA) is 35.2 Å². The number of rotatable bonds is 2. The van der Waals surface area contributed by atoms with E-state index in [9.17, 15) is 0 Å². The van der Waals surface area contributed by atoms with E-state index in [4.69, 9.17) is 10.5 Å². The van der Waals surface area contributed by atoms with Crippen molar-refractivity contribution in [2.45, 2.75) is 51.5 Å². The Morgan fingerprint density at radius 1 is 1.36 bits per heavy atom. The van der Waals surface area contributed by atoms with Crippen molar-refractivity contribution in [2.75, 3.05) is 6.61 Å². The molecule has 1 unspecified atom stereocenters. The number of ether oxygens (including phenoxy) is 1. The largest absolute Gasteiger partial charge is 0.501 e. The zero-order valence-electron chi connectivity index (χ0n) is 9.09. The van der Waals surface area contributed by atoms with Crippen LogP contribution in [0.25, 0.3) is 0 Å². The maximum absolute atomic E-state index is 6.34. The fraction of sp³-hybridized carbons (Fsp3) is 0.833. The average molecular weight is 195 g/mol. The number of hydrogen-bond acceptors (Lipinski definition) is 2. The molecule has 0 bridgehead atoms. The summed E-state index contributed by atoms with van der Waals surface area (Å²) in [6.07, 6.45) is 9.44. The SMILES string of the molecule is CC1(C(N)C2=COCCC2)CCCC1. The van der Waals surface area contributed by atoms with Crippen LogP contribution in [0.3, 0.4) is 0 Å². The maximum atomic E-state index is 6.34. The van der Waals surface area contributed by atoms with Gasteiger partial charge in [0, 0.05) is 6.04 Å². The minimum Gasteiger partial charge on any atom is -0.501 e. The van der Waals surface area contributed by atoms with E-state index in [1.54, 1.807) is 0 Å². The van der Waals surface area contributed by atoms with Crippen LogP contribution in [0.5, 0.6) is 0 Å². The third-order valence-corrected chi connectivity index (χ3v) is 3.86. The molecule has 0 aromatic heterocycles. The molecular weight excluding hydrogens is 174 g/mol. The quantitative estimate of drug-likeness (QED) is 0.735. The van der Waals surface area contributed by atoms with Gasteiger partial charge < -0.3 is 10.5 Å². The van der Waals surface area contributed by atoms with Gasteiger partial charge in [-0.05, 0) is 36.7 Å². The second kappa shape index (κ2) is 3.93. The predicted molar refractivity (Wildman–Crippen MR) is 57.8 cm³/mol. The van der Waals surface area contributed by atoms with Gasteiger partial charge in [-0.15, -0.1) is 0 Å². The van der Waals surface area contributed by atoms with Crippen LogP contribution in [-0.4, -0.2) is 12.6 Å². The van der Waals surface area contributed by atoms with Crippen molar-refractivity contribution in [1.82, 2.24) is 0 Å². The van der Waals surface area contributed by atoms with Gasteiger partial charge >= 0.3 is 0 Å². The summed E-state index contributed by atoms with van der Waals surface area (Å²) in [7, 11) is 0. The van der Waals surface area contributed by atoms with E-state index in [0.29, 0.717) is 5.41 Å². The molecule has 2 nitrogen and oxygen atoms in total. The Balaban J connectivity index is 2.05. The van der Waals surface area contributed by atoms with E-state index >= 15 is 0 Å². The van der Waals surface area contributed by atoms with Crippen LogP contribution < -0.4 is 5.73 Å². The molecule has 0 amide bonds. The molecule has 0 spiro atoms. The molecule has 0 aromatic rings. The lowest BCUT2D eigenvalue weighted by atomic mass is 9.76. The van der Waals surface area contributed by atoms with Gasteiger partial charge in [0.25, 0.3) is 0 Å². The summed E-state index contributed by atoms with van der Waals surface area (Å²) >= 11 is 0. The first-order valence-corrected chi connectivity index (χ1v) is 5.78. The van der Waals surface area contributed by atoms with Crippen LogP contribution in [0.15, 0.2) is 11.8 Å². The lowest BCUT2D eigenvalue weighted by molar-refractivity contribution is 0.204. The molecule has 1 saturated carbocycles. The van der Waals surface area contributed by atoms with Crippen molar-refractivity contribution in [1.29, 1.82) is 0 Å². The smallest absolute Gasteiger partial charge is 0.0876 e. The lowest BCUT2D eigenvalue weighted by Crippen LogP contribution is -2.39. The van der Waals surface area contributed by atoms with E-state index in [1.807, 2.05) is 6.26 Å². The molecule has 2 N–H and O–H groups in total. The molecule has 2 aliphatic rings. The summed E-state index contributed by atoms with van der Waals surface area (Å²) in [4.78, 5) is 0. The van der Waals surface area contributed by atoms with Crippen LogP contribution in [0, 0.1) is 5.41 Å². The van der Waals surface area contributed by atoms with Crippen LogP contribution in [0.1, 0.15) is 45.4 Å². The molecule has 1 aliphatic carbocycles. The standard InChI is InChI=1S/C12H21NO/c1-12(6-2-3-7-12)11(13)10-5-4-8-14-9-10/h9,11H,2-8,13H2,1H3. The molecule has 1 aliphatic heterocycles. The highest BCUT2D eigenvalue weighted by Gasteiger charge is 2.36. The Hall–Kier alpha value is -0.500. The molecule has 1 fully saturated rings. The van der Waals surface area contributed by atoms with Crippen LogP contribution in [0.2, 0.25) is 0 Å². The molecule has 0 radical (unpaired) electrons. The zero-order valence-corrected chi connectivity index (χ0v) is 9.09. The summed E-state index contributed by atoms with van der Waals surface area (Å²) in [6, 6.07) is 0.227. The Morgan fingerprint density at radius 2 is 2.07 bits per heavy atom. The molecule has 80 valence electrons. The van der Waals surface area contributed by atoms with Crippen LogP contribution >= 0.6 is 0 Å². The monoisotopic (exact) mass is 195 g/mol. The maximum Gasteiger partial charge on any atom is 0.0876 e. The highest BCUT2D eigenvalue weighted by molar-refractivity contribution is 5.14. The second-order valence-corrected chi connectivity index (χ2v) is 5.01. The predicted octanol–water partition coefficient (Wildman–Crippen LogP) is 2.59. The summed E-state index contributed by atoms with van der Waals surface area (Å²) < 4.78 is 5.37. The van der Waals surface area contributed by atoms with Crippen molar-refractivity contribution in [3.8, 4) is 0 Å². The molecule has 14 heavy (non-hydrogen) atoms. The van der Waals surface area contributed by atoms with Crippen LogP contribution in [-0.2, 0) is 4.74 Å². The van der Waals surface area contributed by atoms with Gasteiger partial charge in [0.2, 0.25) is 0 Å². The first kappa shape index (κ1) is 10.0.